The minimum absolute atomic E-state index is 0.109. The Labute approximate surface area is 205 Å². The van der Waals surface area contributed by atoms with Crippen LogP contribution in [0.2, 0.25) is 0 Å². The third-order valence-corrected chi connectivity index (χ3v) is 6.86. The molecule has 0 spiro atoms. The standard InChI is InChI=1S/C27H33N5O3/c1-19-4-5-20(26(33)29-21-6-7-21)16-25(19)32-18-28-24-9-8-22(17-23(24)27(32)34)35-15-3-10-31-13-11-30(2)12-14-31/h4-5,8-9,16-18,21H,3,6-7,10-15H2,1-2H3,(H,29,33). The first-order valence-electron chi connectivity index (χ1n) is 12.4. The van der Waals surface area contributed by atoms with Crippen LogP contribution in [-0.4, -0.2) is 77.7 Å². The van der Waals surface area contributed by atoms with E-state index in [0.29, 0.717) is 34.5 Å². The van der Waals surface area contributed by atoms with E-state index in [2.05, 4.69) is 27.1 Å². The largest absolute Gasteiger partial charge is 0.494 e. The smallest absolute Gasteiger partial charge is 0.265 e. The van der Waals surface area contributed by atoms with Crippen LogP contribution in [0.5, 0.6) is 5.75 Å². The molecule has 0 unspecified atom stereocenters. The lowest BCUT2D eigenvalue weighted by atomic mass is 10.1. The van der Waals surface area contributed by atoms with E-state index in [1.165, 1.54) is 10.9 Å². The van der Waals surface area contributed by atoms with E-state index in [-0.39, 0.29) is 17.5 Å². The van der Waals surface area contributed by atoms with Crippen LogP contribution in [-0.2, 0) is 0 Å². The highest BCUT2D eigenvalue weighted by atomic mass is 16.5. The lowest BCUT2D eigenvalue weighted by Gasteiger charge is -2.32. The van der Waals surface area contributed by atoms with Crippen molar-refractivity contribution in [2.24, 2.45) is 0 Å². The molecule has 1 N–H and O–H groups in total. The third-order valence-electron chi connectivity index (χ3n) is 6.86. The number of aryl methyl sites for hydroxylation is 1. The predicted octanol–water partition coefficient (Wildman–Crippen LogP) is 2.60. The van der Waals surface area contributed by atoms with Gasteiger partial charge < -0.3 is 19.9 Å². The molecule has 0 atom stereocenters. The molecule has 3 aromatic rings. The van der Waals surface area contributed by atoms with Gasteiger partial charge in [-0.3, -0.25) is 14.2 Å². The maximum atomic E-state index is 13.4. The van der Waals surface area contributed by atoms with Gasteiger partial charge in [0.1, 0.15) is 12.1 Å². The van der Waals surface area contributed by atoms with Gasteiger partial charge in [0.15, 0.2) is 0 Å². The molecule has 2 fully saturated rings. The van der Waals surface area contributed by atoms with Crippen LogP contribution in [0, 0.1) is 6.92 Å². The van der Waals surface area contributed by atoms with Crippen molar-refractivity contribution in [2.45, 2.75) is 32.2 Å². The summed E-state index contributed by atoms with van der Waals surface area (Å²) in [6.45, 7) is 7.95. The molecule has 184 valence electrons. The number of carbonyl (C=O) groups is 1. The molecule has 1 amide bonds. The number of ether oxygens (including phenoxy) is 1. The van der Waals surface area contributed by atoms with Crippen LogP contribution in [0.15, 0.2) is 47.5 Å². The number of hydrogen-bond acceptors (Lipinski definition) is 6. The zero-order valence-electron chi connectivity index (χ0n) is 20.5. The second kappa shape index (κ2) is 10.2. The highest BCUT2D eigenvalue weighted by Crippen LogP contribution is 2.22. The Hall–Kier alpha value is -3.23. The van der Waals surface area contributed by atoms with Gasteiger partial charge in [0.25, 0.3) is 11.5 Å². The molecule has 0 bridgehead atoms. The molecule has 8 heteroatoms. The molecule has 1 aliphatic carbocycles. The fourth-order valence-electron chi connectivity index (χ4n) is 4.42. The van der Waals surface area contributed by atoms with E-state index in [1.54, 1.807) is 18.2 Å². The Balaban J connectivity index is 1.31. The van der Waals surface area contributed by atoms with Gasteiger partial charge in [-0.15, -0.1) is 0 Å². The predicted molar refractivity (Wildman–Crippen MR) is 137 cm³/mol. The van der Waals surface area contributed by atoms with Gasteiger partial charge in [0.2, 0.25) is 0 Å². The maximum Gasteiger partial charge on any atom is 0.265 e. The van der Waals surface area contributed by atoms with E-state index in [1.807, 2.05) is 25.1 Å². The molecular weight excluding hydrogens is 442 g/mol. The first-order chi connectivity index (χ1) is 17.0. The number of nitrogens with zero attached hydrogens (tertiary/aromatic N) is 4. The fraction of sp³-hybridized carbons (Fsp3) is 0.444. The summed E-state index contributed by atoms with van der Waals surface area (Å²) in [5.41, 5.74) is 2.54. The van der Waals surface area contributed by atoms with E-state index in [0.717, 1.165) is 57.5 Å². The second-order valence-electron chi connectivity index (χ2n) is 9.69. The molecule has 35 heavy (non-hydrogen) atoms. The van der Waals surface area contributed by atoms with E-state index in [9.17, 15) is 9.59 Å². The van der Waals surface area contributed by atoms with Crippen LogP contribution in [0.1, 0.15) is 35.2 Å². The minimum Gasteiger partial charge on any atom is -0.494 e. The molecule has 1 aliphatic heterocycles. The Bertz CT molecular complexity index is 1280. The van der Waals surface area contributed by atoms with E-state index in [4.69, 9.17) is 4.74 Å². The molecular formula is C27H33N5O3. The number of fused-ring (bicyclic) bond motifs is 1. The van der Waals surface area contributed by atoms with Crippen molar-refractivity contribution < 1.29 is 9.53 Å². The van der Waals surface area contributed by atoms with Crippen LogP contribution in [0.25, 0.3) is 16.6 Å². The molecule has 2 aliphatic rings. The number of amides is 1. The molecule has 1 saturated heterocycles. The molecule has 2 aromatic carbocycles. The number of aromatic nitrogens is 2. The lowest BCUT2D eigenvalue weighted by Crippen LogP contribution is -2.44. The lowest BCUT2D eigenvalue weighted by molar-refractivity contribution is 0.0951. The van der Waals surface area contributed by atoms with Gasteiger partial charge in [-0.2, -0.15) is 0 Å². The first-order valence-corrected chi connectivity index (χ1v) is 12.4. The third kappa shape index (κ3) is 5.55. The molecule has 1 aromatic heterocycles. The fourth-order valence-corrected chi connectivity index (χ4v) is 4.42. The zero-order valence-corrected chi connectivity index (χ0v) is 20.5. The minimum atomic E-state index is -0.180. The summed E-state index contributed by atoms with van der Waals surface area (Å²) in [5.74, 6) is 0.560. The van der Waals surface area contributed by atoms with Crippen molar-refractivity contribution in [2.75, 3.05) is 46.4 Å². The quantitative estimate of drug-likeness (QED) is 0.505. The van der Waals surface area contributed by atoms with E-state index >= 15 is 0 Å². The number of rotatable bonds is 8. The van der Waals surface area contributed by atoms with Crippen molar-refractivity contribution in [3.63, 3.8) is 0 Å². The molecule has 8 nitrogen and oxygen atoms in total. The van der Waals surface area contributed by atoms with Gasteiger partial charge in [0, 0.05) is 44.3 Å². The highest BCUT2D eigenvalue weighted by Gasteiger charge is 2.24. The van der Waals surface area contributed by atoms with Crippen LogP contribution < -0.4 is 15.6 Å². The van der Waals surface area contributed by atoms with Gasteiger partial charge in [0.05, 0.1) is 23.2 Å². The summed E-state index contributed by atoms with van der Waals surface area (Å²) in [7, 11) is 2.16. The van der Waals surface area contributed by atoms with Crippen molar-refractivity contribution >= 4 is 16.8 Å². The summed E-state index contributed by atoms with van der Waals surface area (Å²) in [6, 6.07) is 11.2. The Kier molecular flexibility index (Phi) is 6.83. The summed E-state index contributed by atoms with van der Waals surface area (Å²) < 4.78 is 7.49. The summed E-state index contributed by atoms with van der Waals surface area (Å²) in [5, 5.41) is 3.50. The molecule has 0 radical (unpaired) electrons. The topological polar surface area (TPSA) is 79.7 Å². The van der Waals surface area contributed by atoms with Crippen LogP contribution >= 0.6 is 0 Å². The number of likely N-dealkylation sites (N-methyl/N-ethyl adjacent to an activating group) is 1. The monoisotopic (exact) mass is 475 g/mol. The SMILES string of the molecule is Cc1ccc(C(=O)NC2CC2)cc1-n1cnc2ccc(OCCCN3CCN(C)CC3)cc2c1=O. The normalized spacial score (nSPS) is 17.0. The first kappa shape index (κ1) is 23.5. The summed E-state index contributed by atoms with van der Waals surface area (Å²) in [4.78, 5) is 35.3. The summed E-state index contributed by atoms with van der Waals surface area (Å²) >= 11 is 0. The highest BCUT2D eigenvalue weighted by molar-refractivity contribution is 5.95. The van der Waals surface area contributed by atoms with Gasteiger partial charge in [-0.05, 0) is 69.1 Å². The molecule has 2 heterocycles. The van der Waals surface area contributed by atoms with Crippen molar-refractivity contribution in [1.29, 1.82) is 0 Å². The Morgan fingerprint density at radius 2 is 1.91 bits per heavy atom. The van der Waals surface area contributed by atoms with Crippen LogP contribution in [0.4, 0.5) is 0 Å². The number of benzene rings is 2. The molecule has 1 saturated carbocycles. The number of piperazine rings is 1. The van der Waals surface area contributed by atoms with E-state index < -0.39 is 0 Å². The van der Waals surface area contributed by atoms with Gasteiger partial charge >= 0.3 is 0 Å². The zero-order chi connectivity index (χ0) is 24.4. The Morgan fingerprint density at radius 1 is 1.11 bits per heavy atom. The van der Waals surface area contributed by atoms with Crippen molar-refractivity contribution in [3.05, 3.63) is 64.2 Å². The number of nitrogens with one attached hydrogen (secondary N) is 1. The molecule has 5 rings (SSSR count). The maximum absolute atomic E-state index is 13.4. The Morgan fingerprint density at radius 3 is 2.69 bits per heavy atom. The number of carbonyl (C=O) groups excluding carboxylic acids is 1. The van der Waals surface area contributed by atoms with Gasteiger partial charge in [-0.25, -0.2) is 4.98 Å². The van der Waals surface area contributed by atoms with Crippen molar-refractivity contribution in [3.8, 4) is 11.4 Å². The average Bonchev–Trinajstić information content (AvgIpc) is 3.68. The van der Waals surface area contributed by atoms with Crippen LogP contribution in [0.3, 0.4) is 0 Å². The van der Waals surface area contributed by atoms with Crippen molar-refractivity contribution in [1.82, 2.24) is 24.7 Å². The van der Waals surface area contributed by atoms with Gasteiger partial charge in [-0.1, -0.05) is 6.07 Å². The number of hydrogen-bond donors (Lipinski definition) is 1. The average molecular weight is 476 g/mol. The summed E-state index contributed by atoms with van der Waals surface area (Å²) in [6.07, 6.45) is 4.53. The second-order valence-corrected chi connectivity index (χ2v) is 9.69.